The molecule has 0 spiro atoms. The third-order valence-electron chi connectivity index (χ3n) is 1.11. The molecule has 1 rings (SSSR count). The van der Waals surface area contributed by atoms with Gasteiger partial charge in [-0.05, 0) is 6.92 Å². The summed E-state index contributed by atoms with van der Waals surface area (Å²) in [5.41, 5.74) is 3.53. The normalized spacial score (nSPS) is 25.8. The Morgan fingerprint density at radius 2 is 2.56 bits per heavy atom. The molecule has 1 heterocycles. The van der Waals surface area contributed by atoms with Gasteiger partial charge in [0.2, 0.25) is 5.90 Å². The summed E-state index contributed by atoms with van der Waals surface area (Å²) >= 11 is 0. The first-order valence-corrected chi connectivity index (χ1v) is 2.81. The number of hydrogen-bond donors (Lipinski definition) is 1. The van der Waals surface area contributed by atoms with E-state index in [1.165, 1.54) is 0 Å². The van der Waals surface area contributed by atoms with Gasteiger partial charge in [-0.15, -0.1) is 0 Å². The molecule has 0 bridgehead atoms. The van der Waals surface area contributed by atoms with Gasteiger partial charge in [-0.3, -0.25) is 0 Å². The van der Waals surface area contributed by atoms with E-state index in [2.05, 4.69) is 15.5 Å². The summed E-state index contributed by atoms with van der Waals surface area (Å²) in [4.78, 5) is 14.4. The first kappa shape index (κ1) is 6.22. The monoisotopic (exact) mass is 129 g/mol. The number of carbonyl (C=O) groups is 1. The highest BCUT2D eigenvalue weighted by atomic mass is 16.6. The van der Waals surface area contributed by atoms with Gasteiger partial charge in [-0.2, -0.15) is 0 Å². The molecule has 0 radical (unpaired) electrons. The summed E-state index contributed by atoms with van der Waals surface area (Å²) in [5.74, 6) is 0.182. The van der Waals surface area contributed by atoms with Gasteiger partial charge in [-0.1, -0.05) is 0 Å². The molecular formula is C5H9N2O2+. The van der Waals surface area contributed by atoms with Crippen molar-refractivity contribution in [3.8, 4) is 0 Å². The summed E-state index contributed by atoms with van der Waals surface area (Å²) < 4.78 is 4.67. The molecule has 0 aromatic carbocycles. The van der Waals surface area contributed by atoms with Crippen LogP contribution in [0.1, 0.15) is 6.92 Å². The maximum atomic E-state index is 10.6. The van der Waals surface area contributed by atoms with Crippen LogP contribution in [0.15, 0.2) is 4.99 Å². The van der Waals surface area contributed by atoms with Crippen molar-refractivity contribution in [3.05, 3.63) is 0 Å². The lowest BCUT2D eigenvalue weighted by atomic mass is 10.4. The molecule has 4 nitrogen and oxygen atoms in total. The molecule has 4 heteroatoms. The van der Waals surface area contributed by atoms with Crippen LogP contribution in [0.2, 0.25) is 0 Å². The Morgan fingerprint density at radius 3 is 2.78 bits per heavy atom. The van der Waals surface area contributed by atoms with Crippen LogP contribution >= 0.6 is 0 Å². The average molecular weight is 129 g/mol. The van der Waals surface area contributed by atoms with Crippen LogP contribution in [-0.4, -0.2) is 24.5 Å². The number of hydrogen-bond acceptors (Lipinski definition) is 3. The summed E-state index contributed by atoms with van der Waals surface area (Å²) in [6.07, 6.45) is 0. The van der Waals surface area contributed by atoms with E-state index in [1.807, 2.05) is 0 Å². The number of aliphatic imine (C=N–C) groups is 1. The number of quaternary nitrogens is 1. The summed E-state index contributed by atoms with van der Waals surface area (Å²) in [6, 6.07) is -0.318. The largest absolute Gasteiger partial charge is 0.404 e. The van der Waals surface area contributed by atoms with Gasteiger partial charge in [0.25, 0.3) is 0 Å². The van der Waals surface area contributed by atoms with Crippen molar-refractivity contribution in [2.75, 3.05) is 6.54 Å². The first-order chi connectivity index (χ1) is 4.24. The molecule has 0 amide bonds. The smallest absolute Gasteiger partial charge is 0.337 e. The lowest BCUT2D eigenvalue weighted by Crippen LogP contribution is -2.54. The fourth-order valence-electron chi connectivity index (χ4n) is 0.612. The number of esters is 1. The lowest BCUT2D eigenvalue weighted by molar-refractivity contribution is -0.348. The van der Waals surface area contributed by atoms with Crippen LogP contribution in [0.4, 0.5) is 0 Å². The van der Waals surface area contributed by atoms with E-state index >= 15 is 0 Å². The molecule has 9 heavy (non-hydrogen) atoms. The van der Waals surface area contributed by atoms with Crippen LogP contribution in [0, 0.1) is 0 Å². The number of carbonyl (C=O) groups excluding carboxylic acids is 1. The standard InChI is InChI=1S/C5H8N2O2/c1-3-5(8)9-4(2-6)7-3/h3H,2,6H2,1H3/p+1. The molecule has 0 saturated carbocycles. The van der Waals surface area contributed by atoms with Gasteiger partial charge in [0, 0.05) is 0 Å². The van der Waals surface area contributed by atoms with Crippen molar-refractivity contribution in [1.82, 2.24) is 0 Å². The fraction of sp³-hybridized carbons (Fsp3) is 0.600. The third-order valence-corrected chi connectivity index (χ3v) is 1.11. The highest BCUT2D eigenvalue weighted by molar-refractivity contribution is 5.97. The molecule has 1 aliphatic rings. The Hall–Kier alpha value is -0.900. The Balaban J connectivity index is 2.62. The molecule has 0 aromatic heterocycles. The topological polar surface area (TPSA) is 66.3 Å². The molecule has 50 valence electrons. The fourth-order valence-corrected chi connectivity index (χ4v) is 0.612. The van der Waals surface area contributed by atoms with Crippen LogP contribution in [0.5, 0.6) is 0 Å². The molecule has 0 aromatic rings. The van der Waals surface area contributed by atoms with Gasteiger partial charge >= 0.3 is 5.97 Å². The zero-order valence-corrected chi connectivity index (χ0v) is 5.26. The molecular weight excluding hydrogens is 120 g/mol. The zero-order chi connectivity index (χ0) is 6.85. The molecule has 1 unspecified atom stereocenters. The highest BCUT2D eigenvalue weighted by Crippen LogP contribution is 2.03. The molecule has 3 N–H and O–H groups in total. The summed E-state index contributed by atoms with van der Waals surface area (Å²) in [7, 11) is 0. The second kappa shape index (κ2) is 2.14. The van der Waals surface area contributed by atoms with E-state index in [0.717, 1.165) is 0 Å². The van der Waals surface area contributed by atoms with E-state index in [4.69, 9.17) is 0 Å². The lowest BCUT2D eigenvalue weighted by Gasteiger charge is -1.89. The van der Waals surface area contributed by atoms with Gasteiger partial charge in [0.1, 0.15) is 6.04 Å². The highest BCUT2D eigenvalue weighted by Gasteiger charge is 2.24. The Kier molecular flexibility index (Phi) is 1.48. The number of nitrogens with zero attached hydrogens (tertiary/aromatic N) is 1. The predicted octanol–water partition coefficient (Wildman–Crippen LogP) is -1.43. The molecule has 0 fully saturated rings. The van der Waals surface area contributed by atoms with E-state index in [-0.39, 0.29) is 12.0 Å². The quantitative estimate of drug-likeness (QED) is 0.441. The number of cyclic esters (lactones) is 1. The predicted molar refractivity (Wildman–Crippen MR) is 30.7 cm³/mol. The second-order valence-electron chi connectivity index (χ2n) is 1.87. The van der Waals surface area contributed by atoms with Gasteiger partial charge < -0.3 is 10.5 Å². The van der Waals surface area contributed by atoms with Crippen molar-refractivity contribution in [2.45, 2.75) is 13.0 Å². The minimum atomic E-state index is -0.318. The summed E-state index contributed by atoms with van der Waals surface area (Å²) in [6.45, 7) is 2.15. The SMILES string of the molecule is CC1N=C(C[NH3+])OC1=O. The summed E-state index contributed by atoms with van der Waals surface area (Å²) in [5, 5.41) is 0. The molecule has 1 atom stereocenters. The molecule has 1 aliphatic heterocycles. The van der Waals surface area contributed by atoms with Crippen molar-refractivity contribution >= 4 is 11.9 Å². The Bertz CT molecular complexity index is 164. The minimum absolute atomic E-state index is 0.270. The van der Waals surface area contributed by atoms with Crippen LogP contribution in [-0.2, 0) is 9.53 Å². The zero-order valence-electron chi connectivity index (χ0n) is 5.26. The molecule has 0 aliphatic carbocycles. The van der Waals surface area contributed by atoms with Gasteiger partial charge in [0.15, 0.2) is 6.54 Å². The van der Waals surface area contributed by atoms with Crippen molar-refractivity contribution in [1.29, 1.82) is 0 Å². The third kappa shape index (κ3) is 1.08. The van der Waals surface area contributed by atoms with Crippen molar-refractivity contribution in [3.63, 3.8) is 0 Å². The van der Waals surface area contributed by atoms with E-state index in [9.17, 15) is 4.79 Å². The van der Waals surface area contributed by atoms with Crippen molar-refractivity contribution < 1.29 is 15.3 Å². The van der Waals surface area contributed by atoms with E-state index in [1.54, 1.807) is 6.92 Å². The first-order valence-electron chi connectivity index (χ1n) is 2.81. The van der Waals surface area contributed by atoms with Crippen LogP contribution in [0.25, 0.3) is 0 Å². The minimum Gasteiger partial charge on any atom is -0.404 e. The molecule has 0 saturated heterocycles. The maximum absolute atomic E-state index is 10.6. The maximum Gasteiger partial charge on any atom is 0.337 e. The van der Waals surface area contributed by atoms with Crippen LogP contribution < -0.4 is 5.73 Å². The number of ether oxygens (including phenoxy) is 1. The van der Waals surface area contributed by atoms with E-state index < -0.39 is 0 Å². The number of rotatable bonds is 1. The average Bonchev–Trinajstić information content (AvgIpc) is 2.13. The van der Waals surface area contributed by atoms with E-state index in [0.29, 0.717) is 12.4 Å². The van der Waals surface area contributed by atoms with Crippen molar-refractivity contribution in [2.24, 2.45) is 4.99 Å². The Labute approximate surface area is 52.7 Å². The van der Waals surface area contributed by atoms with Gasteiger partial charge in [-0.25, -0.2) is 9.79 Å². The second-order valence-corrected chi connectivity index (χ2v) is 1.87. The van der Waals surface area contributed by atoms with Crippen LogP contribution in [0.3, 0.4) is 0 Å². The Morgan fingerprint density at radius 1 is 1.89 bits per heavy atom. The van der Waals surface area contributed by atoms with Gasteiger partial charge in [0.05, 0.1) is 0 Å².